The molecule has 2 N–H and O–H groups in total. The molecule has 6 nitrogen and oxygen atoms in total. The minimum atomic E-state index is -1.89. The summed E-state index contributed by atoms with van der Waals surface area (Å²) in [5, 5.41) is 16.6. The molecule has 10 heteroatoms. The van der Waals surface area contributed by atoms with E-state index in [9.17, 15) is 14.9 Å². The van der Waals surface area contributed by atoms with Crippen molar-refractivity contribution in [3.63, 3.8) is 0 Å². The Hall–Kier alpha value is -1.73. The highest BCUT2D eigenvalue weighted by Crippen LogP contribution is 2.31. The number of hydrogen-bond donors (Lipinski definition) is 2. The van der Waals surface area contributed by atoms with Gasteiger partial charge in [-0.2, -0.15) is 0 Å². The lowest BCUT2D eigenvalue weighted by atomic mass is 10.2. The van der Waals surface area contributed by atoms with Gasteiger partial charge in [0.15, 0.2) is 0 Å². The summed E-state index contributed by atoms with van der Waals surface area (Å²) in [7, 11) is 0. The van der Waals surface area contributed by atoms with Crippen LogP contribution in [0.25, 0.3) is 0 Å². The van der Waals surface area contributed by atoms with E-state index >= 15 is 0 Å². The van der Waals surface area contributed by atoms with Gasteiger partial charge in [0.2, 0.25) is 3.79 Å². The molecule has 0 fully saturated rings. The Kier molecular flexibility index (Phi) is 6.35. The summed E-state index contributed by atoms with van der Waals surface area (Å²) in [6.45, 7) is 0. The molecule has 0 spiro atoms. The number of nitro groups is 1. The van der Waals surface area contributed by atoms with Crippen LogP contribution < -0.4 is 10.6 Å². The van der Waals surface area contributed by atoms with E-state index in [0.717, 1.165) is 6.07 Å². The van der Waals surface area contributed by atoms with Crippen molar-refractivity contribution in [2.24, 2.45) is 0 Å². The number of nitro benzene ring substituents is 1. The van der Waals surface area contributed by atoms with Gasteiger partial charge < -0.3 is 10.6 Å². The Balaban J connectivity index is 2.21. The van der Waals surface area contributed by atoms with Gasteiger partial charge in [0.1, 0.15) is 6.17 Å². The second-order valence-electron chi connectivity index (χ2n) is 4.91. The van der Waals surface area contributed by atoms with Crippen molar-refractivity contribution in [2.45, 2.75) is 9.96 Å². The second kappa shape index (κ2) is 8.10. The van der Waals surface area contributed by atoms with E-state index in [1.54, 1.807) is 24.3 Å². The van der Waals surface area contributed by atoms with Crippen LogP contribution in [0.5, 0.6) is 0 Å². The largest absolute Gasteiger partial charge is 0.362 e. The van der Waals surface area contributed by atoms with Gasteiger partial charge in [0, 0.05) is 28.4 Å². The maximum atomic E-state index is 12.4. The van der Waals surface area contributed by atoms with Gasteiger partial charge in [-0.3, -0.25) is 14.9 Å². The molecule has 2 rings (SSSR count). The lowest BCUT2D eigenvalue weighted by Crippen LogP contribution is -2.49. The molecular formula is C15H11Cl4N3O3. The van der Waals surface area contributed by atoms with Crippen molar-refractivity contribution in [3.8, 4) is 0 Å². The van der Waals surface area contributed by atoms with Crippen molar-refractivity contribution in [3.05, 3.63) is 69.2 Å². The first-order valence-corrected chi connectivity index (χ1v) is 8.32. The lowest BCUT2D eigenvalue weighted by molar-refractivity contribution is -0.384. The van der Waals surface area contributed by atoms with Crippen LogP contribution in [0.3, 0.4) is 0 Å². The molecule has 0 bridgehead atoms. The number of carbonyl (C=O) groups is 1. The van der Waals surface area contributed by atoms with Crippen molar-refractivity contribution in [1.29, 1.82) is 0 Å². The van der Waals surface area contributed by atoms with Gasteiger partial charge >= 0.3 is 0 Å². The molecule has 1 atom stereocenters. The summed E-state index contributed by atoms with van der Waals surface area (Å²) in [6.07, 6.45) is -1.11. The zero-order valence-corrected chi connectivity index (χ0v) is 15.4. The third kappa shape index (κ3) is 5.64. The van der Waals surface area contributed by atoms with Gasteiger partial charge in [-0.05, 0) is 24.3 Å². The summed E-state index contributed by atoms with van der Waals surface area (Å²) in [4.78, 5) is 22.6. The number of halogens is 4. The number of anilines is 1. The molecule has 0 aliphatic rings. The number of benzene rings is 2. The molecule has 0 saturated carbocycles. The highest BCUT2D eigenvalue weighted by molar-refractivity contribution is 6.68. The Morgan fingerprint density at radius 2 is 1.80 bits per heavy atom. The lowest BCUT2D eigenvalue weighted by Gasteiger charge is -2.27. The predicted molar refractivity (Wildman–Crippen MR) is 99.7 cm³/mol. The molecule has 2 aromatic carbocycles. The molecule has 0 aromatic heterocycles. The third-order valence-corrected chi connectivity index (χ3v) is 3.95. The highest BCUT2D eigenvalue weighted by Gasteiger charge is 2.34. The zero-order valence-electron chi connectivity index (χ0n) is 12.4. The van der Waals surface area contributed by atoms with Crippen molar-refractivity contribution in [2.75, 3.05) is 5.32 Å². The average molecular weight is 423 g/mol. The molecule has 0 aliphatic carbocycles. The van der Waals surface area contributed by atoms with Crippen LogP contribution in [0.15, 0.2) is 48.5 Å². The fourth-order valence-electron chi connectivity index (χ4n) is 1.92. The predicted octanol–water partition coefficient (Wildman–Crippen LogP) is 4.79. The molecule has 0 radical (unpaired) electrons. The van der Waals surface area contributed by atoms with Gasteiger partial charge in [-0.1, -0.05) is 58.5 Å². The molecular weight excluding hydrogens is 412 g/mol. The molecule has 0 heterocycles. The minimum Gasteiger partial charge on any atom is -0.362 e. The van der Waals surface area contributed by atoms with Crippen LogP contribution in [0.4, 0.5) is 11.4 Å². The van der Waals surface area contributed by atoms with E-state index in [1.165, 1.54) is 18.2 Å². The second-order valence-corrected chi connectivity index (χ2v) is 7.72. The number of amides is 1. The number of non-ortho nitro benzene ring substituents is 1. The molecule has 1 amide bonds. The zero-order chi connectivity index (χ0) is 18.6. The number of carbonyl (C=O) groups excluding carboxylic acids is 1. The first-order chi connectivity index (χ1) is 11.7. The Bertz CT molecular complexity index is 796. The van der Waals surface area contributed by atoms with Crippen LogP contribution in [-0.4, -0.2) is 20.8 Å². The van der Waals surface area contributed by atoms with Crippen LogP contribution in [0.1, 0.15) is 10.4 Å². The van der Waals surface area contributed by atoms with E-state index < -0.39 is 20.8 Å². The van der Waals surface area contributed by atoms with Gasteiger partial charge in [-0.15, -0.1) is 0 Å². The van der Waals surface area contributed by atoms with Crippen molar-refractivity contribution >= 4 is 63.7 Å². The summed E-state index contributed by atoms with van der Waals surface area (Å²) in [6, 6.07) is 11.8. The van der Waals surface area contributed by atoms with Crippen LogP contribution in [0.2, 0.25) is 5.02 Å². The summed E-state index contributed by atoms with van der Waals surface area (Å²) < 4.78 is -1.89. The maximum Gasteiger partial charge on any atom is 0.270 e. The van der Waals surface area contributed by atoms with Gasteiger partial charge in [-0.25, -0.2) is 0 Å². The Morgan fingerprint density at radius 1 is 1.12 bits per heavy atom. The number of hydrogen-bond acceptors (Lipinski definition) is 4. The van der Waals surface area contributed by atoms with Crippen LogP contribution in [0, 0.1) is 10.1 Å². The molecule has 0 aliphatic heterocycles. The molecule has 25 heavy (non-hydrogen) atoms. The molecule has 0 saturated heterocycles. The van der Waals surface area contributed by atoms with Gasteiger partial charge in [0.05, 0.1) is 4.92 Å². The van der Waals surface area contributed by atoms with E-state index in [4.69, 9.17) is 46.4 Å². The standard InChI is InChI=1S/C15H11Cl4N3O3/c16-10-4-2-5-11(8-10)20-14(15(17,18)19)21-13(23)9-3-1-6-12(7-9)22(24)25/h1-8,14,20H,(H,21,23)/t14-/m1/s1. The first-order valence-electron chi connectivity index (χ1n) is 6.81. The number of nitrogens with zero attached hydrogens (tertiary/aromatic N) is 1. The van der Waals surface area contributed by atoms with Crippen LogP contribution >= 0.6 is 46.4 Å². The molecule has 132 valence electrons. The van der Waals surface area contributed by atoms with E-state index in [2.05, 4.69) is 10.6 Å². The van der Waals surface area contributed by atoms with E-state index in [1.807, 2.05) is 0 Å². The molecule has 2 aromatic rings. The summed E-state index contributed by atoms with van der Waals surface area (Å²) in [5.41, 5.74) is 0.352. The number of rotatable bonds is 5. The fourth-order valence-corrected chi connectivity index (χ4v) is 2.44. The fraction of sp³-hybridized carbons (Fsp3) is 0.133. The van der Waals surface area contributed by atoms with E-state index in [-0.39, 0.29) is 11.3 Å². The third-order valence-electron chi connectivity index (χ3n) is 3.06. The quantitative estimate of drug-likeness (QED) is 0.314. The van der Waals surface area contributed by atoms with E-state index in [0.29, 0.717) is 10.7 Å². The first kappa shape index (κ1) is 19.6. The average Bonchev–Trinajstić information content (AvgIpc) is 2.53. The minimum absolute atomic E-state index is 0.0568. The Labute approximate surface area is 163 Å². The van der Waals surface area contributed by atoms with Crippen molar-refractivity contribution in [1.82, 2.24) is 5.32 Å². The maximum absolute atomic E-state index is 12.4. The van der Waals surface area contributed by atoms with Gasteiger partial charge in [0.25, 0.3) is 11.6 Å². The summed E-state index contributed by atoms with van der Waals surface area (Å²) >= 11 is 23.6. The topological polar surface area (TPSA) is 84.3 Å². The smallest absolute Gasteiger partial charge is 0.270 e. The Morgan fingerprint density at radius 3 is 2.40 bits per heavy atom. The van der Waals surface area contributed by atoms with Crippen molar-refractivity contribution < 1.29 is 9.72 Å². The normalized spacial score (nSPS) is 12.3. The van der Waals surface area contributed by atoms with Crippen LogP contribution in [-0.2, 0) is 0 Å². The monoisotopic (exact) mass is 421 g/mol. The number of nitrogens with one attached hydrogen (secondary N) is 2. The molecule has 0 unspecified atom stereocenters. The number of alkyl halides is 3. The highest BCUT2D eigenvalue weighted by atomic mass is 35.6. The summed E-state index contributed by atoms with van der Waals surface area (Å²) in [5.74, 6) is -0.644. The SMILES string of the molecule is O=C(N[C@@H](Nc1cccc(Cl)c1)C(Cl)(Cl)Cl)c1cccc([N+](=O)[O-])c1.